The number of rotatable bonds is 22. The van der Waals surface area contributed by atoms with E-state index in [0.29, 0.717) is 5.75 Å². The van der Waals surface area contributed by atoms with Gasteiger partial charge in [0, 0.05) is 0 Å². The Labute approximate surface area is 195 Å². The van der Waals surface area contributed by atoms with E-state index in [2.05, 4.69) is 26.0 Å². The molecule has 0 fully saturated rings. The Kier molecular flexibility index (Phi) is 18.9. The third kappa shape index (κ3) is 17.3. The van der Waals surface area contributed by atoms with Crippen molar-refractivity contribution in [2.24, 2.45) is 5.92 Å². The lowest BCUT2D eigenvalue weighted by Gasteiger charge is -2.17. The lowest BCUT2D eigenvalue weighted by atomic mass is 9.89. The topological polar surface area (TPSA) is 20.2 Å². The Hall–Kier alpha value is -0.980. The minimum Gasteiger partial charge on any atom is -0.508 e. The highest BCUT2D eigenvalue weighted by Gasteiger charge is 2.09. The summed E-state index contributed by atoms with van der Waals surface area (Å²) in [6.07, 6.45) is 29.6. The molecular weight excluding hydrogens is 376 g/mol. The van der Waals surface area contributed by atoms with Crippen LogP contribution >= 0.6 is 0 Å². The molecule has 0 aliphatic carbocycles. The quantitative estimate of drug-likeness (QED) is 0.181. The van der Waals surface area contributed by atoms with Gasteiger partial charge in [0.25, 0.3) is 0 Å². The minimum atomic E-state index is 0.381. The van der Waals surface area contributed by atoms with Gasteiger partial charge in [0.15, 0.2) is 0 Å². The van der Waals surface area contributed by atoms with Gasteiger partial charge in [0.05, 0.1) is 0 Å². The number of unbranched alkanes of at least 4 members (excludes halogenated alkanes) is 14. The van der Waals surface area contributed by atoms with E-state index in [9.17, 15) is 5.11 Å². The fourth-order valence-corrected chi connectivity index (χ4v) is 4.82. The Balaban J connectivity index is 2.20. The van der Waals surface area contributed by atoms with Crippen molar-refractivity contribution >= 4 is 0 Å². The molecule has 0 aliphatic rings. The second-order valence-corrected chi connectivity index (χ2v) is 9.95. The molecule has 180 valence electrons. The van der Waals surface area contributed by atoms with Crippen molar-refractivity contribution in [2.45, 2.75) is 149 Å². The highest BCUT2D eigenvalue weighted by Crippen LogP contribution is 2.25. The molecule has 31 heavy (non-hydrogen) atoms. The van der Waals surface area contributed by atoms with Crippen LogP contribution in [0.3, 0.4) is 0 Å². The lowest BCUT2D eigenvalue weighted by molar-refractivity contribution is 0.371. The van der Waals surface area contributed by atoms with Crippen LogP contribution < -0.4 is 0 Å². The van der Waals surface area contributed by atoms with Crippen molar-refractivity contribution in [3.63, 3.8) is 0 Å². The van der Waals surface area contributed by atoms with E-state index in [1.54, 1.807) is 0 Å². The Bertz CT molecular complexity index is 458. The molecule has 1 heteroatoms. The van der Waals surface area contributed by atoms with Crippen LogP contribution in [0.4, 0.5) is 0 Å². The molecule has 0 amide bonds. The first-order valence-corrected chi connectivity index (χ1v) is 14.0. The first-order valence-electron chi connectivity index (χ1n) is 14.0. The Morgan fingerprint density at radius 3 is 1.35 bits per heavy atom. The lowest BCUT2D eigenvalue weighted by Crippen LogP contribution is -2.02. The summed E-state index contributed by atoms with van der Waals surface area (Å²) in [6, 6.07) is 7.82. The number of hydrogen-bond donors (Lipinski definition) is 1. The van der Waals surface area contributed by atoms with Gasteiger partial charge in [-0.15, -0.1) is 0 Å². The van der Waals surface area contributed by atoms with Crippen LogP contribution in [0.2, 0.25) is 0 Å². The zero-order valence-corrected chi connectivity index (χ0v) is 21.2. The van der Waals surface area contributed by atoms with Gasteiger partial charge in [-0.05, 0) is 36.5 Å². The van der Waals surface area contributed by atoms with Crippen molar-refractivity contribution in [1.29, 1.82) is 0 Å². The van der Waals surface area contributed by atoms with Gasteiger partial charge in [0.2, 0.25) is 0 Å². The van der Waals surface area contributed by atoms with E-state index < -0.39 is 0 Å². The summed E-state index contributed by atoms with van der Waals surface area (Å²) >= 11 is 0. The third-order valence-electron chi connectivity index (χ3n) is 6.95. The summed E-state index contributed by atoms with van der Waals surface area (Å²) in [5.74, 6) is 1.31. The van der Waals surface area contributed by atoms with E-state index in [0.717, 1.165) is 12.3 Å². The third-order valence-corrected chi connectivity index (χ3v) is 6.95. The molecule has 1 rings (SSSR count). The highest BCUT2D eigenvalue weighted by atomic mass is 16.3. The molecule has 0 bridgehead atoms. The second kappa shape index (κ2) is 20.9. The summed E-state index contributed by atoms with van der Waals surface area (Å²) in [5.41, 5.74) is 1.37. The monoisotopic (exact) mass is 430 g/mol. The Morgan fingerprint density at radius 1 is 0.516 bits per heavy atom. The molecule has 0 radical (unpaired) electrons. The first-order chi connectivity index (χ1) is 15.3. The second-order valence-electron chi connectivity index (χ2n) is 9.95. The van der Waals surface area contributed by atoms with Crippen molar-refractivity contribution in [2.75, 3.05) is 0 Å². The molecule has 0 saturated carbocycles. The summed E-state index contributed by atoms with van der Waals surface area (Å²) in [4.78, 5) is 0. The van der Waals surface area contributed by atoms with Crippen LogP contribution in [-0.4, -0.2) is 5.11 Å². The maximum absolute atomic E-state index is 9.47. The first kappa shape index (κ1) is 28.1. The largest absolute Gasteiger partial charge is 0.508 e. The standard InChI is InChI=1S/C30H54O/c1-3-5-7-9-11-13-15-17-20-28(21-18-16-14-12-10-8-6-4-2)22-19-23-29-24-26-30(31)27-25-29/h24-28,31H,3-23H2,1-2H3. The highest BCUT2D eigenvalue weighted by molar-refractivity contribution is 5.25. The van der Waals surface area contributed by atoms with Gasteiger partial charge < -0.3 is 5.11 Å². The minimum absolute atomic E-state index is 0.381. The van der Waals surface area contributed by atoms with E-state index in [1.807, 2.05) is 12.1 Å². The smallest absolute Gasteiger partial charge is 0.115 e. The van der Waals surface area contributed by atoms with Crippen molar-refractivity contribution in [3.8, 4) is 5.75 Å². The summed E-state index contributed by atoms with van der Waals surface area (Å²) in [7, 11) is 0. The molecule has 0 spiro atoms. The molecule has 1 aromatic carbocycles. The fraction of sp³-hybridized carbons (Fsp3) is 0.800. The summed E-state index contributed by atoms with van der Waals surface area (Å²) in [5, 5.41) is 9.47. The van der Waals surface area contributed by atoms with E-state index in [1.165, 1.54) is 134 Å². The molecule has 0 unspecified atom stereocenters. The normalized spacial score (nSPS) is 11.5. The predicted molar refractivity (Wildman–Crippen MR) is 139 cm³/mol. The van der Waals surface area contributed by atoms with Gasteiger partial charge in [-0.25, -0.2) is 0 Å². The average Bonchev–Trinajstić information content (AvgIpc) is 2.78. The van der Waals surface area contributed by atoms with Gasteiger partial charge in [-0.1, -0.05) is 148 Å². The number of hydrogen-bond acceptors (Lipinski definition) is 1. The van der Waals surface area contributed by atoms with Gasteiger partial charge in [-0.2, -0.15) is 0 Å². The average molecular weight is 431 g/mol. The van der Waals surface area contributed by atoms with Gasteiger partial charge in [-0.3, -0.25) is 0 Å². The number of aromatic hydroxyl groups is 1. The van der Waals surface area contributed by atoms with Crippen LogP contribution in [0.5, 0.6) is 5.75 Å². The SMILES string of the molecule is CCCCCCCCCCC(CCCCCCCCCC)CCCc1ccc(O)cc1. The number of phenolic OH excluding ortho intramolecular Hbond substituents is 1. The van der Waals surface area contributed by atoms with Crippen LogP contribution in [0.15, 0.2) is 24.3 Å². The van der Waals surface area contributed by atoms with Crippen LogP contribution in [0.25, 0.3) is 0 Å². The molecular formula is C30H54O. The molecule has 0 atom stereocenters. The van der Waals surface area contributed by atoms with Gasteiger partial charge in [0.1, 0.15) is 5.75 Å². The fourth-order valence-electron chi connectivity index (χ4n) is 4.82. The maximum atomic E-state index is 9.47. The number of phenols is 1. The van der Waals surface area contributed by atoms with Crippen LogP contribution in [-0.2, 0) is 6.42 Å². The van der Waals surface area contributed by atoms with Crippen LogP contribution in [0, 0.1) is 5.92 Å². The maximum Gasteiger partial charge on any atom is 0.115 e. The molecule has 1 nitrogen and oxygen atoms in total. The van der Waals surface area contributed by atoms with Crippen molar-refractivity contribution < 1.29 is 5.11 Å². The summed E-state index contributed by atoms with van der Waals surface area (Å²) < 4.78 is 0. The Morgan fingerprint density at radius 2 is 0.903 bits per heavy atom. The molecule has 0 heterocycles. The zero-order valence-electron chi connectivity index (χ0n) is 21.2. The number of aryl methyl sites for hydroxylation is 1. The molecule has 1 aromatic rings. The van der Waals surface area contributed by atoms with Crippen molar-refractivity contribution in [1.82, 2.24) is 0 Å². The van der Waals surface area contributed by atoms with E-state index >= 15 is 0 Å². The molecule has 1 N–H and O–H groups in total. The molecule has 0 aliphatic heterocycles. The molecule has 0 aromatic heterocycles. The predicted octanol–water partition coefficient (Wildman–Crippen LogP) is 10.4. The zero-order chi connectivity index (χ0) is 22.4. The van der Waals surface area contributed by atoms with Gasteiger partial charge >= 0.3 is 0 Å². The summed E-state index contributed by atoms with van der Waals surface area (Å²) in [6.45, 7) is 4.60. The number of benzene rings is 1. The van der Waals surface area contributed by atoms with E-state index in [-0.39, 0.29) is 0 Å². The molecule has 0 saturated heterocycles. The van der Waals surface area contributed by atoms with Crippen molar-refractivity contribution in [3.05, 3.63) is 29.8 Å². The van der Waals surface area contributed by atoms with Crippen LogP contribution in [0.1, 0.15) is 148 Å². The van der Waals surface area contributed by atoms with E-state index in [4.69, 9.17) is 0 Å².